The molecule has 11 bridgehead atoms. The molecular weight excluding hydrogens is 1230 g/mol. The summed E-state index contributed by atoms with van der Waals surface area (Å²) in [5.41, 5.74) is 4.34. The number of aliphatic hydroxyl groups is 2. The Labute approximate surface area is 511 Å². The van der Waals surface area contributed by atoms with Gasteiger partial charge in [0, 0.05) is 22.8 Å². The zero-order chi connectivity index (χ0) is 65.7. The molecular formula is C57H57Cl2F3N8O19. The highest BCUT2D eigenvalue weighted by molar-refractivity contribution is 6.32. The minimum Gasteiger partial charge on any atom is -0.507 e. The lowest BCUT2D eigenvalue weighted by atomic mass is 9.89. The smallest absolute Gasteiger partial charge is 0.490 e. The van der Waals surface area contributed by atoms with Gasteiger partial charge in [0.05, 0.1) is 36.7 Å². The van der Waals surface area contributed by atoms with E-state index >= 15 is 9.59 Å². The molecule has 27 nitrogen and oxygen atoms in total. The van der Waals surface area contributed by atoms with E-state index in [0.717, 1.165) is 24.3 Å². The van der Waals surface area contributed by atoms with Crippen LogP contribution >= 0.6 is 23.2 Å². The Morgan fingerprint density at radius 2 is 1.24 bits per heavy atom. The van der Waals surface area contributed by atoms with E-state index in [1.807, 2.05) is 13.8 Å². The van der Waals surface area contributed by atoms with Crippen LogP contribution in [0.25, 0.3) is 11.1 Å². The number of methoxy groups -OCH3 is 2. The molecule has 474 valence electrons. The molecule has 5 aliphatic rings. The Morgan fingerprint density at radius 3 is 1.75 bits per heavy atom. The van der Waals surface area contributed by atoms with Gasteiger partial charge in [-0.05, 0) is 96.2 Å². The van der Waals surface area contributed by atoms with E-state index in [0.29, 0.717) is 0 Å². The lowest BCUT2D eigenvalue weighted by Crippen LogP contribution is -2.59. The first kappa shape index (κ1) is 66.9. The molecule has 0 unspecified atom stereocenters. The van der Waals surface area contributed by atoms with Crippen molar-refractivity contribution < 1.29 is 106 Å². The third-order valence-corrected chi connectivity index (χ3v) is 14.6. The van der Waals surface area contributed by atoms with Crippen LogP contribution < -0.4 is 61.9 Å². The third-order valence-electron chi connectivity index (χ3n) is 14.0. The highest BCUT2D eigenvalue weighted by atomic mass is 35.5. The molecule has 5 aliphatic heterocycles. The molecule has 0 fully saturated rings. The number of aliphatic carboxylic acids is 2. The fourth-order valence-electron chi connectivity index (χ4n) is 9.61. The van der Waals surface area contributed by atoms with Gasteiger partial charge in [0.15, 0.2) is 17.5 Å². The number of phenols is 2. The van der Waals surface area contributed by atoms with Crippen LogP contribution in [0, 0.1) is 5.92 Å². The molecule has 89 heavy (non-hydrogen) atoms. The van der Waals surface area contributed by atoms with E-state index in [2.05, 4.69) is 37.2 Å². The molecule has 0 aromatic heterocycles. The monoisotopic (exact) mass is 1280 g/mol. The van der Waals surface area contributed by atoms with E-state index in [4.69, 9.17) is 57.8 Å². The summed E-state index contributed by atoms with van der Waals surface area (Å²) in [6.45, 7) is 3.70. The molecule has 0 radical (unpaired) electrons. The number of halogens is 5. The number of carboxylic acid groups (broad SMARTS) is 2. The molecule has 7 amide bonds. The number of benzene rings is 5. The number of hydrogen-bond donors (Lipinski definition) is 14. The van der Waals surface area contributed by atoms with Crippen molar-refractivity contribution in [1.29, 1.82) is 0 Å². The molecule has 10 rings (SSSR count). The minimum atomic E-state index is -5.08. The number of ether oxygens (including phenoxy) is 4. The number of carboxylic acids is 2. The number of nitrogens with one attached hydrogen (secondary N) is 7. The Hall–Kier alpha value is -9.62. The van der Waals surface area contributed by atoms with Gasteiger partial charge in [0.2, 0.25) is 47.1 Å². The second kappa shape index (κ2) is 27.6. The van der Waals surface area contributed by atoms with Crippen molar-refractivity contribution in [2.45, 2.75) is 87.4 Å². The molecule has 9 atom stereocenters. The average Bonchev–Trinajstić information content (AvgIpc) is 0.877. The zero-order valence-corrected chi connectivity index (χ0v) is 48.7. The van der Waals surface area contributed by atoms with Gasteiger partial charge in [-0.3, -0.25) is 33.6 Å². The summed E-state index contributed by atoms with van der Waals surface area (Å²) in [4.78, 5) is 123. The number of aromatic hydroxyl groups is 2. The van der Waals surface area contributed by atoms with E-state index in [9.17, 15) is 67.5 Å². The summed E-state index contributed by atoms with van der Waals surface area (Å²) < 4.78 is 55.1. The van der Waals surface area contributed by atoms with Crippen LogP contribution in [0.1, 0.15) is 84.8 Å². The summed E-state index contributed by atoms with van der Waals surface area (Å²) in [5, 5.41) is 82.5. The maximum atomic E-state index is 15.5. The largest absolute Gasteiger partial charge is 0.507 e. The normalized spacial score (nSPS) is 21.2. The lowest BCUT2D eigenvalue weighted by molar-refractivity contribution is -0.192. The zero-order valence-electron chi connectivity index (χ0n) is 47.2. The highest BCUT2D eigenvalue weighted by Gasteiger charge is 2.42. The fourth-order valence-corrected chi connectivity index (χ4v) is 10.1. The van der Waals surface area contributed by atoms with E-state index < -0.39 is 143 Å². The van der Waals surface area contributed by atoms with Gasteiger partial charge >= 0.3 is 18.1 Å². The number of nitrogens with two attached hydrogens (primary N) is 1. The minimum absolute atomic E-state index is 0.0236. The summed E-state index contributed by atoms with van der Waals surface area (Å²) in [5.74, 6) is -15.7. The van der Waals surface area contributed by atoms with E-state index in [1.165, 1.54) is 75.9 Å². The summed E-state index contributed by atoms with van der Waals surface area (Å²) in [6.07, 6.45) is -9.77. The molecule has 0 saturated heterocycles. The molecule has 5 aromatic carbocycles. The molecule has 32 heteroatoms. The maximum absolute atomic E-state index is 15.5. The number of rotatable bonds is 10. The van der Waals surface area contributed by atoms with Crippen molar-refractivity contribution in [3.05, 3.63) is 117 Å². The first-order valence-electron chi connectivity index (χ1n) is 26.4. The van der Waals surface area contributed by atoms with E-state index in [-0.39, 0.29) is 84.3 Å². The number of likely N-dealkylation sites (N-methyl/N-ethyl adjacent to an activating group) is 1. The first-order chi connectivity index (χ1) is 41.8. The van der Waals surface area contributed by atoms with Gasteiger partial charge in [-0.15, -0.1) is 0 Å². The van der Waals surface area contributed by atoms with Crippen LogP contribution in [0.2, 0.25) is 10.0 Å². The van der Waals surface area contributed by atoms with Crippen LogP contribution in [0.4, 0.5) is 13.2 Å². The molecule has 5 heterocycles. The van der Waals surface area contributed by atoms with Crippen molar-refractivity contribution in [2.24, 2.45) is 11.7 Å². The number of alkyl halides is 3. The second-order valence-corrected chi connectivity index (χ2v) is 21.4. The molecule has 0 saturated carbocycles. The van der Waals surface area contributed by atoms with Crippen molar-refractivity contribution >= 4 is 76.5 Å². The van der Waals surface area contributed by atoms with Crippen LogP contribution in [-0.4, -0.2) is 136 Å². The molecule has 5 aromatic rings. The molecule has 0 spiro atoms. The van der Waals surface area contributed by atoms with Gasteiger partial charge in [-0.2, -0.15) is 13.2 Å². The van der Waals surface area contributed by atoms with Crippen LogP contribution in [0.5, 0.6) is 46.0 Å². The number of carbonyl (C=O) groups excluding carboxylic acids is 7. The fraction of sp³-hybridized carbons (Fsp3) is 0.316. The topological polar surface area (TPSA) is 422 Å². The number of amides is 7. The number of fused-ring (bicyclic) bond motifs is 15. The Kier molecular flexibility index (Phi) is 20.8. The van der Waals surface area contributed by atoms with Crippen LogP contribution in [-0.2, 0) is 43.2 Å². The number of aliphatic hydroxyl groups excluding tert-OH is 2. The summed E-state index contributed by atoms with van der Waals surface area (Å²) >= 11 is 13.6. The lowest BCUT2D eigenvalue weighted by Gasteiger charge is -2.31. The van der Waals surface area contributed by atoms with Gasteiger partial charge in [-0.1, -0.05) is 55.2 Å². The van der Waals surface area contributed by atoms with Gasteiger partial charge < -0.3 is 92.5 Å². The maximum Gasteiger partial charge on any atom is 0.490 e. The average molecular weight is 1290 g/mol. The van der Waals surface area contributed by atoms with Gasteiger partial charge in [0.25, 0.3) is 0 Å². The predicted octanol–water partition coefficient (Wildman–Crippen LogP) is 3.63. The molecule has 15 N–H and O–H groups in total. The number of hydrogen-bond acceptors (Lipinski definition) is 18. The van der Waals surface area contributed by atoms with E-state index in [1.54, 1.807) is 0 Å². The first-order valence-corrected chi connectivity index (χ1v) is 27.2. The van der Waals surface area contributed by atoms with Crippen LogP contribution in [0.15, 0.2) is 78.9 Å². The molecule has 0 aliphatic carbocycles. The van der Waals surface area contributed by atoms with Crippen molar-refractivity contribution in [3.63, 3.8) is 0 Å². The SMILES string of the molecule is CN[C@H](CC(C)C)C(=O)N[C@H]1C(=O)N[C@@H](CC(N)=O)C(=O)N[C@H]2C(=O)N[C@H]3C(=O)N[C@H](C(=O)N[C@H](C(=O)O)c4cc(OC)cc(O)c4-c4cc3ccc4OC)[C@H](O)c3ccc(c(Cl)c3)Oc3cc2cc(c3O)Oc2ccc(cc2Cl)[C@H]1O.O=C(O)C(F)(F)F. The standard InChI is InChI=1S/C55H56Cl2N8O17.C2HF3O2/c1-21(2)12-31(59-3)49(71)64-44-46(68)23-7-10-35(29(56)14-23)81-37-16-25-17-38(48(37)70)82-36-11-8-24(15-30(36)57)47(69)45-54(76)63-43(55(77)78)28-18-26(79-4)19-33(66)40(28)27-13-22(6-9-34(27)80-5)41(51(73)65-45)62-52(74)42(25)61-50(72)32(20-39(58)67)60-53(44)75;3-2(4,5)1(6)7/h6-11,13-19,21,31-32,41-47,59,66,68-70H,12,20H2,1-5H3,(H2,58,67)(H,60,75)(H,61,72)(H,62,74)(H,63,76)(H,64,71)(H,65,73)(H,77,78);(H,6,7)/t31-,32+,41-,42-,43+,44-,45+,46-,47-;/m1./s1. The van der Waals surface area contributed by atoms with Crippen molar-refractivity contribution in [1.82, 2.24) is 37.2 Å². The highest BCUT2D eigenvalue weighted by Crippen LogP contribution is 2.48. The quantitative estimate of drug-likeness (QED) is 0.0949. The summed E-state index contributed by atoms with van der Waals surface area (Å²) in [6, 6.07) is 2.57. The Balaban J connectivity index is 0.00000152. The van der Waals surface area contributed by atoms with Gasteiger partial charge in [0.1, 0.15) is 71.2 Å². The number of carbonyl (C=O) groups is 9. The van der Waals surface area contributed by atoms with Crippen molar-refractivity contribution in [2.75, 3.05) is 21.3 Å². The van der Waals surface area contributed by atoms with Crippen molar-refractivity contribution in [3.8, 4) is 57.1 Å². The Bertz CT molecular complexity index is 3650. The Morgan fingerprint density at radius 1 is 0.685 bits per heavy atom. The van der Waals surface area contributed by atoms with Crippen LogP contribution in [0.3, 0.4) is 0 Å². The number of primary amides is 1. The number of phenolic OH excluding ortho intramolecular Hbond substituents is 2. The second-order valence-electron chi connectivity index (χ2n) is 20.6. The third kappa shape index (κ3) is 15.2. The summed E-state index contributed by atoms with van der Waals surface area (Å²) in [7, 11) is 4.00. The predicted molar refractivity (Wildman–Crippen MR) is 304 cm³/mol. The van der Waals surface area contributed by atoms with Gasteiger partial charge in [-0.25, -0.2) is 9.59 Å².